The number of nitrogens with zero attached hydrogens (tertiary/aromatic N) is 2. The van der Waals surface area contributed by atoms with Gasteiger partial charge in [-0.2, -0.15) is 0 Å². The van der Waals surface area contributed by atoms with Gasteiger partial charge in [0.05, 0.1) is 20.8 Å². The quantitative estimate of drug-likeness (QED) is 0.947. The summed E-state index contributed by atoms with van der Waals surface area (Å²) in [7, 11) is 0. The van der Waals surface area contributed by atoms with Gasteiger partial charge in [0.2, 0.25) is 0 Å². The summed E-state index contributed by atoms with van der Waals surface area (Å²) in [6.45, 7) is 2.52. The lowest BCUT2D eigenvalue weighted by atomic mass is 9.79. The van der Waals surface area contributed by atoms with Crippen LogP contribution in [0, 0.1) is 6.07 Å². The Hall–Kier alpha value is -1.46. The number of fused-ring (bicyclic) bond motifs is 1. The smallest absolute Gasteiger partial charge is 0.250 e. The third-order valence-corrected chi connectivity index (χ3v) is 6.17. The lowest BCUT2D eigenvalue weighted by Gasteiger charge is -2.43. The second-order valence-corrected chi connectivity index (χ2v) is 7.48. The molecule has 1 amide bonds. The number of likely N-dealkylation sites (tertiary alicyclic amines) is 1. The average Bonchev–Trinajstić information content (AvgIpc) is 2.89. The number of hydrogen-bond acceptors (Lipinski definition) is 4. The Morgan fingerprint density at radius 1 is 1.27 bits per heavy atom. The Balaban J connectivity index is 1.51. The molecule has 1 saturated carbocycles. The van der Waals surface area contributed by atoms with Crippen molar-refractivity contribution >= 4 is 27.5 Å². The van der Waals surface area contributed by atoms with Gasteiger partial charge in [-0.3, -0.25) is 4.79 Å². The summed E-state index contributed by atoms with van der Waals surface area (Å²) < 4.78 is 1.02. The molecular formula is C17H20N3OS. The van der Waals surface area contributed by atoms with Crippen LogP contribution < -0.4 is 5.73 Å². The fourth-order valence-corrected chi connectivity index (χ4v) is 4.74. The van der Waals surface area contributed by atoms with Gasteiger partial charge in [-0.1, -0.05) is 6.42 Å². The lowest BCUT2D eigenvalue weighted by molar-refractivity contribution is 0.0888. The Morgan fingerprint density at radius 3 is 2.77 bits per heavy atom. The number of nitrogens with two attached hydrogens (primary N) is 1. The van der Waals surface area contributed by atoms with Gasteiger partial charge >= 0.3 is 0 Å². The van der Waals surface area contributed by atoms with E-state index in [9.17, 15) is 4.79 Å². The molecule has 2 fully saturated rings. The fraction of sp³-hybridized carbons (Fsp3) is 0.529. The predicted molar refractivity (Wildman–Crippen MR) is 88.2 cm³/mol. The topological polar surface area (TPSA) is 59.2 Å². The molecule has 1 aliphatic heterocycles. The van der Waals surface area contributed by atoms with Crippen molar-refractivity contribution < 1.29 is 4.79 Å². The minimum atomic E-state index is -0.418. The Morgan fingerprint density at radius 2 is 2.05 bits per heavy atom. The molecule has 22 heavy (non-hydrogen) atoms. The maximum atomic E-state index is 11.5. The van der Waals surface area contributed by atoms with Crippen LogP contribution in [0.5, 0.6) is 0 Å². The fourth-order valence-electron chi connectivity index (χ4n) is 3.64. The molecule has 2 aliphatic rings. The first-order valence-electron chi connectivity index (χ1n) is 8.07. The van der Waals surface area contributed by atoms with Crippen LogP contribution in [0.15, 0.2) is 12.1 Å². The first kappa shape index (κ1) is 14.2. The Labute approximate surface area is 134 Å². The van der Waals surface area contributed by atoms with Crippen molar-refractivity contribution in [2.24, 2.45) is 5.73 Å². The van der Waals surface area contributed by atoms with Crippen molar-refractivity contribution in [2.45, 2.75) is 44.1 Å². The number of rotatable bonds is 3. The van der Waals surface area contributed by atoms with Crippen molar-refractivity contribution in [2.75, 3.05) is 13.1 Å². The SMILES string of the molecule is NC(=O)c1c[c]cc2sc(C3CC(N4CCCCC4)C3)nc12. The maximum absolute atomic E-state index is 11.5. The van der Waals surface area contributed by atoms with E-state index in [1.807, 2.05) is 6.07 Å². The molecule has 4 nitrogen and oxygen atoms in total. The molecule has 1 saturated heterocycles. The van der Waals surface area contributed by atoms with E-state index in [4.69, 9.17) is 10.7 Å². The minimum absolute atomic E-state index is 0.418. The van der Waals surface area contributed by atoms with Gasteiger partial charge in [0.1, 0.15) is 0 Å². The number of amides is 1. The van der Waals surface area contributed by atoms with Crippen molar-refractivity contribution in [3.8, 4) is 0 Å². The van der Waals surface area contributed by atoms with Gasteiger partial charge in [-0.25, -0.2) is 4.98 Å². The summed E-state index contributed by atoms with van der Waals surface area (Å²) in [4.78, 5) is 18.9. The molecule has 2 aromatic rings. The first-order chi connectivity index (χ1) is 10.7. The number of primary amides is 1. The van der Waals surface area contributed by atoms with E-state index < -0.39 is 5.91 Å². The highest BCUT2D eigenvalue weighted by atomic mass is 32.1. The predicted octanol–water partition coefficient (Wildman–Crippen LogP) is 2.93. The largest absolute Gasteiger partial charge is 0.366 e. The number of carbonyl (C=O) groups excluding carboxylic acids is 1. The average molecular weight is 314 g/mol. The number of benzene rings is 1. The van der Waals surface area contributed by atoms with Crippen LogP contribution in [0.1, 0.15) is 53.4 Å². The maximum Gasteiger partial charge on any atom is 0.250 e. The van der Waals surface area contributed by atoms with Crippen LogP contribution in [-0.2, 0) is 0 Å². The third-order valence-electron chi connectivity index (χ3n) is 5.00. The van der Waals surface area contributed by atoms with Crippen LogP contribution in [0.2, 0.25) is 0 Å². The van der Waals surface area contributed by atoms with E-state index in [-0.39, 0.29) is 0 Å². The Kier molecular flexibility index (Phi) is 3.62. The van der Waals surface area contributed by atoms with Crippen molar-refractivity contribution in [3.63, 3.8) is 0 Å². The van der Waals surface area contributed by atoms with Gasteiger partial charge in [0.15, 0.2) is 0 Å². The number of carbonyl (C=O) groups is 1. The van der Waals surface area contributed by atoms with Crippen LogP contribution in [0.4, 0.5) is 0 Å². The van der Waals surface area contributed by atoms with E-state index >= 15 is 0 Å². The second-order valence-electron chi connectivity index (χ2n) is 6.42. The monoisotopic (exact) mass is 314 g/mol. The molecule has 1 radical (unpaired) electrons. The van der Waals surface area contributed by atoms with Gasteiger partial charge < -0.3 is 10.6 Å². The number of thiazole rings is 1. The Bertz CT molecular complexity index is 699. The van der Waals surface area contributed by atoms with Gasteiger partial charge in [-0.05, 0) is 57.0 Å². The van der Waals surface area contributed by atoms with Crippen molar-refractivity contribution in [1.82, 2.24) is 9.88 Å². The number of piperidine rings is 1. The van der Waals surface area contributed by atoms with Gasteiger partial charge in [-0.15, -0.1) is 11.3 Å². The molecular weight excluding hydrogens is 294 g/mol. The van der Waals surface area contributed by atoms with E-state index in [0.717, 1.165) is 21.3 Å². The lowest BCUT2D eigenvalue weighted by Crippen LogP contribution is -2.46. The highest BCUT2D eigenvalue weighted by Gasteiger charge is 2.36. The highest BCUT2D eigenvalue weighted by molar-refractivity contribution is 7.18. The first-order valence-corrected chi connectivity index (χ1v) is 8.88. The van der Waals surface area contributed by atoms with Crippen LogP contribution in [0.3, 0.4) is 0 Å². The summed E-state index contributed by atoms with van der Waals surface area (Å²) in [6.07, 6.45) is 6.49. The van der Waals surface area contributed by atoms with E-state index in [0.29, 0.717) is 11.5 Å². The molecule has 1 aromatic carbocycles. The number of hydrogen-bond donors (Lipinski definition) is 1. The molecule has 4 rings (SSSR count). The standard InChI is InChI=1S/C17H20N3OS/c18-16(21)13-5-4-6-14-15(13)19-17(22-14)11-9-12(10-11)20-7-2-1-3-8-20/h5-6,11-12H,1-3,7-10H2,(H2,18,21). The molecule has 0 unspecified atom stereocenters. The molecule has 5 heteroatoms. The molecule has 2 heterocycles. The van der Waals surface area contributed by atoms with E-state index in [1.165, 1.54) is 45.2 Å². The zero-order valence-electron chi connectivity index (χ0n) is 12.5. The molecule has 2 N–H and O–H groups in total. The zero-order valence-corrected chi connectivity index (χ0v) is 13.4. The molecule has 0 atom stereocenters. The highest BCUT2D eigenvalue weighted by Crippen LogP contribution is 2.43. The normalized spacial score (nSPS) is 26.0. The second kappa shape index (κ2) is 5.63. The molecule has 1 aliphatic carbocycles. The molecule has 0 spiro atoms. The van der Waals surface area contributed by atoms with E-state index in [1.54, 1.807) is 17.4 Å². The minimum Gasteiger partial charge on any atom is -0.366 e. The van der Waals surface area contributed by atoms with Crippen LogP contribution >= 0.6 is 11.3 Å². The summed E-state index contributed by atoms with van der Waals surface area (Å²) in [6, 6.07) is 7.28. The molecule has 0 bridgehead atoms. The van der Waals surface area contributed by atoms with Gasteiger partial charge in [0.25, 0.3) is 5.91 Å². The van der Waals surface area contributed by atoms with Crippen molar-refractivity contribution in [1.29, 1.82) is 0 Å². The zero-order chi connectivity index (χ0) is 15.1. The number of aromatic nitrogens is 1. The summed E-state index contributed by atoms with van der Waals surface area (Å²) in [5.41, 5.74) is 6.68. The third kappa shape index (κ3) is 2.42. The van der Waals surface area contributed by atoms with Crippen molar-refractivity contribution in [3.05, 3.63) is 28.8 Å². The van der Waals surface area contributed by atoms with Crippen LogP contribution in [0.25, 0.3) is 10.2 Å². The van der Waals surface area contributed by atoms with Gasteiger partial charge in [0, 0.05) is 12.0 Å². The summed E-state index contributed by atoms with van der Waals surface area (Å²) >= 11 is 1.69. The summed E-state index contributed by atoms with van der Waals surface area (Å²) in [5, 5.41) is 1.16. The van der Waals surface area contributed by atoms with Crippen LogP contribution in [-0.4, -0.2) is 34.9 Å². The summed E-state index contributed by atoms with van der Waals surface area (Å²) in [5.74, 6) is 0.128. The van der Waals surface area contributed by atoms with E-state index in [2.05, 4.69) is 11.0 Å². The molecule has 1 aromatic heterocycles. The molecule has 115 valence electrons.